The molecule has 0 N–H and O–H groups in total. The van der Waals surface area contributed by atoms with Gasteiger partial charge in [-0.25, -0.2) is 0 Å². The van der Waals surface area contributed by atoms with Gasteiger partial charge in [-0.2, -0.15) is 4.98 Å². The summed E-state index contributed by atoms with van der Waals surface area (Å²) in [5.74, 6) is 1.67. The molecule has 0 saturated heterocycles. The van der Waals surface area contributed by atoms with E-state index < -0.39 is 0 Å². The van der Waals surface area contributed by atoms with Gasteiger partial charge in [-0.05, 0) is 62.6 Å². The van der Waals surface area contributed by atoms with Gasteiger partial charge in [-0.3, -0.25) is 9.59 Å². The number of carbonyl (C=O) groups is 2. The van der Waals surface area contributed by atoms with E-state index in [1.54, 1.807) is 6.92 Å². The maximum atomic E-state index is 11.6. The van der Waals surface area contributed by atoms with Crippen LogP contribution in [0.1, 0.15) is 36.8 Å². The minimum absolute atomic E-state index is 0.0740. The molecule has 0 unspecified atom stereocenters. The van der Waals surface area contributed by atoms with Crippen LogP contribution in [0.4, 0.5) is 0 Å². The lowest BCUT2D eigenvalue weighted by Crippen LogP contribution is -2.04. The van der Waals surface area contributed by atoms with Gasteiger partial charge in [-0.1, -0.05) is 5.16 Å². The van der Waals surface area contributed by atoms with E-state index in [4.69, 9.17) is 9.26 Å². The van der Waals surface area contributed by atoms with Crippen molar-refractivity contribution < 1.29 is 18.8 Å². The highest BCUT2D eigenvalue weighted by Crippen LogP contribution is 2.29. The highest BCUT2D eigenvalue weighted by atomic mass is 16.5. The first-order chi connectivity index (χ1) is 11.9. The number of carbonyl (C=O) groups excluding carboxylic acids is 2. The molecule has 0 aliphatic carbocycles. The van der Waals surface area contributed by atoms with Gasteiger partial charge in [0, 0.05) is 18.9 Å². The highest BCUT2D eigenvalue weighted by Gasteiger charge is 2.11. The molecule has 1 aromatic heterocycles. The standard InChI is InChI=1S/C19H22N2O4/c1-12-10-16(19-20-15(4)25-21-19)11-13(2)18(12)24-9-5-6-17(23)8-7-14(3)22/h7-8,10-11H,5-6,9H2,1-4H3/b8-7+. The Hall–Kier alpha value is -2.76. The van der Waals surface area contributed by atoms with Crippen molar-refractivity contribution in [1.29, 1.82) is 0 Å². The van der Waals surface area contributed by atoms with E-state index in [2.05, 4.69) is 10.1 Å². The third kappa shape index (κ3) is 5.38. The Bertz CT molecular complexity index is 783. The van der Waals surface area contributed by atoms with Crippen LogP contribution in [0.25, 0.3) is 11.4 Å². The Morgan fingerprint density at radius 2 is 1.84 bits per heavy atom. The molecule has 6 heteroatoms. The van der Waals surface area contributed by atoms with Crippen LogP contribution in [0.15, 0.2) is 28.8 Å². The van der Waals surface area contributed by atoms with Gasteiger partial charge in [0.15, 0.2) is 11.6 Å². The normalized spacial score (nSPS) is 11.0. The van der Waals surface area contributed by atoms with Gasteiger partial charge in [0.2, 0.25) is 11.7 Å². The molecule has 1 heterocycles. The number of allylic oxidation sites excluding steroid dienone is 2. The molecule has 0 fully saturated rings. The van der Waals surface area contributed by atoms with Crippen LogP contribution in [0.3, 0.4) is 0 Å². The summed E-state index contributed by atoms with van der Waals surface area (Å²) in [7, 11) is 0. The second kappa shape index (κ2) is 8.37. The molecule has 25 heavy (non-hydrogen) atoms. The smallest absolute Gasteiger partial charge is 0.223 e. The average molecular weight is 342 g/mol. The number of hydrogen-bond donors (Lipinski definition) is 0. The molecule has 0 atom stereocenters. The van der Waals surface area contributed by atoms with Gasteiger partial charge in [0.25, 0.3) is 0 Å². The molecular formula is C19H22N2O4. The van der Waals surface area contributed by atoms with E-state index in [0.29, 0.717) is 31.2 Å². The second-order valence-corrected chi connectivity index (χ2v) is 5.94. The number of aryl methyl sites for hydroxylation is 3. The summed E-state index contributed by atoms with van der Waals surface area (Å²) < 4.78 is 10.8. The zero-order valence-corrected chi connectivity index (χ0v) is 15.0. The third-order valence-corrected chi connectivity index (χ3v) is 3.56. The van der Waals surface area contributed by atoms with E-state index >= 15 is 0 Å². The van der Waals surface area contributed by atoms with Crippen molar-refractivity contribution in [1.82, 2.24) is 10.1 Å². The molecule has 2 rings (SSSR count). The molecule has 0 saturated carbocycles. The first-order valence-corrected chi connectivity index (χ1v) is 8.13. The maximum absolute atomic E-state index is 11.6. The molecular weight excluding hydrogens is 320 g/mol. The van der Waals surface area contributed by atoms with Crippen LogP contribution in [-0.4, -0.2) is 28.3 Å². The van der Waals surface area contributed by atoms with Crippen molar-refractivity contribution in [2.75, 3.05) is 6.61 Å². The van der Waals surface area contributed by atoms with Gasteiger partial charge in [-0.15, -0.1) is 0 Å². The summed E-state index contributed by atoms with van der Waals surface area (Å²) in [6.07, 6.45) is 3.55. The summed E-state index contributed by atoms with van der Waals surface area (Å²) in [5, 5.41) is 3.93. The number of aromatic nitrogens is 2. The molecule has 6 nitrogen and oxygen atoms in total. The Balaban J connectivity index is 1.94. The topological polar surface area (TPSA) is 82.3 Å². The zero-order chi connectivity index (χ0) is 18.4. The van der Waals surface area contributed by atoms with Gasteiger partial charge in [0.1, 0.15) is 5.75 Å². The van der Waals surface area contributed by atoms with Crippen LogP contribution in [-0.2, 0) is 9.59 Å². The number of hydrogen-bond acceptors (Lipinski definition) is 6. The van der Waals surface area contributed by atoms with Crippen LogP contribution in [0, 0.1) is 20.8 Å². The summed E-state index contributed by atoms with van der Waals surface area (Å²) in [6.45, 7) is 7.51. The lowest BCUT2D eigenvalue weighted by molar-refractivity contribution is -0.116. The predicted molar refractivity (Wildman–Crippen MR) is 93.5 cm³/mol. The van der Waals surface area contributed by atoms with Crippen LogP contribution in [0.2, 0.25) is 0 Å². The Morgan fingerprint density at radius 1 is 1.16 bits per heavy atom. The average Bonchev–Trinajstić information content (AvgIpc) is 2.97. The fourth-order valence-corrected chi connectivity index (χ4v) is 2.44. The summed E-state index contributed by atoms with van der Waals surface area (Å²) >= 11 is 0. The zero-order valence-electron chi connectivity index (χ0n) is 15.0. The van der Waals surface area contributed by atoms with E-state index in [9.17, 15) is 9.59 Å². The fraction of sp³-hybridized carbons (Fsp3) is 0.368. The van der Waals surface area contributed by atoms with Crippen LogP contribution >= 0.6 is 0 Å². The molecule has 0 radical (unpaired) electrons. The monoisotopic (exact) mass is 342 g/mol. The van der Waals surface area contributed by atoms with Gasteiger partial charge in [0.05, 0.1) is 6.61 Å². The first-order valence-electron chi connectivity index (χ1n) is 8.13. The van der Waals surface area contributed by atoms with Crippen molar-refractivity contribution in [3.8, 4) is 17.1 Å². The van der Waals surface area contributed by atoms with Gasteiger partial charge < -0.3 is 9.26 Å². The third-order valence-electron chi connectivity index (χ3n) is 3.56. The number of rotatable bonds is 8. The largest absolute Gasteiger partial charge is 0.493 e. The minimum Gasteiger partial charge on any atom is -0.493 e. The quantitative estimate of drug-likeness (QED) is 0.539. The number of benzene rings is 1. The Morgan fingerprint density at radius 3 is 2.40 bits per heavy atom. The minimum atomic E-state index is -0.132. The fourth-order valence-electron chi connectivity index (χ4n) is 2.44. The Kier molecular flexibility index (Phi) is 6.22. The molecule has 0 bridgehead atoms. The molecule has 2 aromatic rings. The lowest BCUT2D eigenvalue weighted by Gasteiger charge is -2.13. The molecule has 0 aliphatic rings. The van der Waals surface area contributed by atoms with Crippen molar-refractivity contribution in [2.24, 2.45) is 0 Å². The van der Waals surface area contributed by atoms with E-state index in [-0.39, 0.29) is 11.6 Å². The van der Waals surface area contributed by atoms with Crippen molar-refractivity contribution in [2.45, 2.75) is 40.5 Å². The summed E-state index contributed by atoms with van der Waals surface area (Å²) in [4.78, 5) is 26.6. The van der Waals surface area contributed by atoms with Crippen LogP contribution < -0.4 is 4.74 Å². The lowest BCUT2D eigenvalue weighted by atomic mass is 10.1. The molecule has 0 aliphatic heterocycles. The highest BCUT2D eigenvalue weighted by molar-refractivity contribution is 5.97. The first kappa shape index (κ1) is 18.6. The van der Waals surface area contributed by atoms with E-state index in [1.807, 2.05) is 26.0 Å². The second-order valence-electron chi connectivity index (χ2n) is 5.94. The summed E-state index contributed by atoms with van der Waals surface area (Å²) in [5.41, 5.74) is 2.82. The van der Waals surface area contributed by atoms with Crippen molar-refractivity contribution in [3.05, 3.63) is 41.3 Å². The molecule has 0 amide bonds. The SMILES string of the molecule is CC(=O)/C=C/C(=O)CCCOc1c(C)cc(-c2noc(C)n2)cc1C. The number of nitrogens with zero attached hydrogens (tertiary/aromatic N) is 2. The number of ether oxygens (including phenoxy) is 1. The van der Waals surface area contributed by atoms with Crippen molar-refractivity contribution >= 4 is 11.6 Å². The van der Waals surface area contributed by atoms with E-state index in [0.717, 1.165) is 22.4 Å². The molecule has 0 spiro atoms. The number of ketones is 2. The van der Waals surface area contributed by atoms with Gasteiger partial charge >= 0.3 is 0 Å². The van der Waals surface area contributed by atoms with Crippen LogP contribution in [0.5, 0.6) is 5.75 Å². The molecule has 1 aromatic carbocycles. The predicted octanol–water partition coefficient (Wildman–Crippen LogP) is 3.54. The van der Waals surface area contributed by atoms with Crippen molar-refractivity contribution in [3.63, 3.8) is 0 Å². The molecule has 132 valence electrons. The Labute approximate surface area is 146 Å². The summed E-state index contributed by atoms with van der Waals surface area (Å²) in [6, 6.07) is 3.90. The maximum Gasteiger partial charge on any atom is 0.223 e. The van der Waals surface area contributed by atoms with E-state index in [1.165, 1.54) is 19.1 Å².